The highest BCUT2D eigenvalue weighted by Gasteiger charge is 2.09. The van der Waals surface area contributed by atoms with Crippen molar-refractivity contribution in [2.45, 2.75) is 33.1 Å². The van der Waals surface area contributed by atoms with E-state index in [1.807, 2.05) is 24.3 Å². The van der Waals surface area contributed by atoms with Crippen molar-refractivity contribution in [3.8, 4) is 11.8 Å². The summed E-state index contributed by atoms with van der Waals surface area (Å²) in [5.74, 6) is 0.889. The van der Waals surface area contributed by atoms with E-state index < -0.39 is 0 Å². The summed E-state index contributed by atoms with van der Waals surface area (Å²) in [4.78, 5) is 5.68. The third-order valence-electron chi connectivity index (χ3n) is 3.00. The molecule has 0 saturated heterocycles. The number of hydrogen-bond acceptors (Lipinski definition) is 4. The van der Waals surface area contributed by atoms with Gasteiger partial charge in [-0.3, -0.25) is 0 Å². The van der Waals surface area contributed by atoms with Crippen molar-refractivity contribution in [1.82, 2.24) is 4.98 Å². The first-order chi connectivity index (χ1) is 9.72. The van der Waals surface area contributed by atoms with Crippen molar-refractivity contribution in [2.75, 3.05) is 6.61 Å². The van der Waals surface area contributed by atoms with Gasteiger partial charge in [-0.25, -0.2) is 4.98 Å². The molecule has 0 aliphatic heterocycles. The summed E-state index contributed by atoms with van der Waals surface area (Å²) in [5.41, 5.74) is 2.29. The van der Waals surface area contributed by atoms with Crippen molar-refractivity contribution < 1.29 is 4.74 Å². The van der Waals surface area contributed by atoms with Crippen LogP contribution in [0.5, 0.6) is 5.75 Å². The Kier molecular flexibility index (Phi) is 5.14. The lowest BCUT2D eigenvalue weighted by Crippen LogP contribution is -2.01. The molecule has 4 heteroatoms. The molecule has 20 heavy (non-hydrogen) atoms. The second-order valence-corrected chi connectivity index (χ2v) is 5.75. The molecule has 3 nitrogen and oxygen atoms in total. The first-order valence-electron chi connectivity index (χ1n) is 6.76. The number of aryl methyl sites for hydroxylation is 2. The van der Waals surface area contributed by atoms with Gasteiger partial charge < -0.3 is 4.74 Å². The minimum Gasteiger partial charge on any atom is -0.493 e. The van der Waals surface area contributed by atoms with Gasteiger partial charge in [0.15, 0.2) is 0 Å². The van der Waals surface area contributed by atoms with Crippen LogP contribution in [0.3, 0.4) is 0 Å². The van der Waals surface area contributed by atoms with E-state index in [0.717, 1.165) is 34.2 Å². The Morgan fingerprint density at radius 1 is 1.30 bits per heavy atom. The molecule has 104 valence electrons. The van der Waals surface area contributed by atoms with Gasteiger partial charge in [0.1, 0.15) is 5.75 Å². The van der Waals surface area contributed by atoms with E-state index in [1.54, 1.807) is 11.3 Å². The summed E-state index contributed by atoms with van der Waals surface area (Å²) in [7, 11) is 0. The first kappa shape index (κ1) is 14.5. The Balaban J connectivity index is 1.91. The van der Waals surface area contributed by atoms with Crippen LogP contribution in [0.15, 0.2) is 24.3 Å². The number of hydrogen-bond donors (Lipinski definition) is 0. The minimum absolute atomic E-state index is 0.458. The highest BCUT2D eigenvalue weighted by molar-refractivity contribution is 7.11. The number of thiazole rings is 1. The molecule has 0 radical (unpaired) electrons. The van der Waals surface area contributed by atoms with Crippen LogP contribution in [0.1, 0.15) is 28.1 Å². The average Bonchev–Trinajstić information content (AvgIpc) is 2.84. The summed E-state index contributed by atoms with van der Waals surface area (Å²) < 4.78 is 5.71. The Morgan fingerprint density at radius 3 is 2.70 bits per heavy atom. The third kappa shape index (κ3) is 3.82. The monoisotopic (exact) mass is 286 g/mol. The summed E-state index contributed by atoms with van der Waals surface area (Å²) in [5, 5.41) is 9.86. The molecule has 1 aromatic heterocycles. The lowest BCUT2D eigenvalue weighted by molar-refractivity contribution is 0.321. The van der Waals surface area contributed by atoms with E-state index in [1.165, 1.54) is 5.56 Å². The van der Waals surface area contributed by atoms with E-state index in [0.29, 0.717) is 13.0 Å². The van der Waals surface area contributed by atoms with E-state index in [4.69, 9.17) is 10.00 Å². The summed E-state index contributed by atoms with van der Waals surface area (Å²) >= 11 is 1.63. The zero-order valence-corrected chi connectivity index (χ0v) is 12.7. The molecule has 0 aliphatic carbocycles. The fourth-order valence-electron chi connectivity index (χ4n) is 1.92. The van der Waals surface area contributed by atoms with Crippen molar-refractivity contribution in [2.24, 2.45) is 0 Å². The molecule has 0 aliphatic rings. The van der Waals surface area contributed by atoms with Gasteiger partial charge in [-0.05, 0) is 25.5 Å². The predicted octanol–water partition coefficient (Wildman–Crippen LogP) is 3.70. The molecular weight excluding hydrogens is 268 g/mol. The van der Waals surface area contributed by atoms with E-state index in [-0.39, 0.29) is 0 Å². The predicted molar refractivity (Wildman–Crippen MR) is 81.2 cm³/mol. The van der Waals surface area contributed by atoms with Crippen LogP contribution in [-0.2, 0) is 19.3 Å². The molecule has 0 saturated carbocycles. The second-order valence-electron chi connectivity index (χ2n) is 4.58. The summed E-state index contributed by atoms with van der Waals surface area (Å²) in [6.07, 6.45) is 2.13. The van der Waals surface area contributed by atoms with Gasteiger partial charge in [-0.2, -0.15) is 5.26 Å². The minimum atomic E-state index is 0.458. The molecule has 2 aromatic rings. The molecule has 0 atom stereocenters. The molecule has 0 amide bonds. The normalized spacial score (nSPS) is 10.2. The number of nitriles is 1. The lowest BCUT2D eigenvalue weighted by atomic mass is 10.2. The highest BCUT2D eigenvalue weighted by Crippen LogP contribution is 2.20. The molecule has 0 bridgehead atoms. The number of nitrogens with zero attached hydrogens (tertiary/aromatic N) is 2. The maximum Gasteiger partial charge on any atom is 0.119 e. The van der Waals surface area contributed by atoms with Crippen LogP contribution in [0.4, 0.5) is 0 Å². The second kappa shape index (κ2) is 7.06. The largest absolute Gasteiger partial charge is 0.493 e. The quantitative estimate of drug-likeness (QED) is 0.813. The van der Waals surface area contributed by atoms with E-state index >= 15 is 0 Å². The average molecular weight is 286 g/mol. The number of rotatable bonds is 6. The van der Waals surface area contributed by atoms with Crippen LogP contribution in [0, 0.1) is 18.3 Å². The first-order valence-corrected chi connectivity index (χ1v) is 7.58. The molecule has 0 spiro atoms. The van der Waals surface area contributed by atoms with Crippen molar-refractivity contribution >= 4 is 11.3 Å². The standard InChI is InChI=1S/C16H18N2OS/c1-3-14-15(8-10-17)20-16(18-14)9-11-19-13-6-4-12(2)5-7-13/h4-7H,3,8-9,11H2,1-2H3. The maximum atomic E-state index is 8.80. The molecule has 1 aromatic carbocycles. The molecule has 2 rings (SSSR count). The van der Waals surface area contributed by atoms with Gasteiger partial charge in [0.2, 0.25) is 0 Å². The fraction of sp³-hybridized carbons (Fsp3) is 0.375. The van der Waals surface area contributed by atoms with Crippen LogP contribution in [0.2, 0.25) is 0 Å². The fourth-order valence-corrected chi connectivity index (χ4v) is 2.99. The molecule has 0 unspecified atom stereocenters. The molecule has 1 heterocycles. The Labute approximate surface area is 123 Å². The van der Waals surface area contributed by atoms with E-state index in [2.05, 4.69) is 24.9 Å². The lowest BCUT2D eigenvalue weighted by Gasteiger charge is -2.04. The van der Waals surface area contributed by atoms with Crippen molar-refractivity contribution in [3.05, 3.63) is 45.4 Å². The van der Waals surface area contributed by atoms with Crippen molar-refractivity contribution in [3.63, 3.8) is 0 Å². The molecule has 0 N–H and O–H groups in total. The summed E-state index contributed by atoms with van der Waals surface area (Å²) in [6.45, 7) is 4.75. The van der Waals surface area contributed by atoms with Gasteiger partial charge in [-0.15, -0.1) is 11.3 Å². The number of benzene rings is 1. The topological polar surface area (TPSA) is 45.9 Å². The number of ether oxygens (including phenoxy) is 1. The van der Waals surface area contributed by atoms with E-state index in [9.17, 15) is 0 Å². The van der Waals surface area contributed by atoms with Gasteiger partial charge in [0.25, 0.3) is 0 Å². The summed E-state index contributed by atoms with van der Waals surface area (Å²) in [6, 6.07) is 10.2. The third-order valence-corrected chi connectivity index (χ3v) is 4.16. The Morgan fingerprint density at radius 2 is 2.05 bits per heavy atom. The van der Waals surface area contributed by atoms with Crippen LogP contribution in [0.25, 0.3) is 0 Å². The Hall–Kier alpha value is -1.86. The van der Waals surface area contributed by atoms with Crippen LogP contribution < -0.4 is 4.74 Å². The number of aromatic nitrogens is 1. The smallest absolute Gasteiger partial charge is 0.119 e. The van der Waals surface area contributed by atoms with Crippen LogP contribution >= 0.6 is 11.3 Å². The van der Waals surface area contributed by atoms with Gasteiger partial charge >= 0.3 is 0 Å². The molecular formula is C16H18N2OS. The maximum absolute atomic E-state index is 8.80. The zero-order valence-electron chi connectivity index (χ0n) is 11.8. The Bertz CT molecular complexity index is 596. The van der Waals surface area contributed by atoms with Gasteiger partial charge in [-0.1, -0.05) is 24.6 Å². The van der Waals surface area contributed by atoms with Gasteiger partial charge in [0, 0.05) is 11.3 Å². The van der Waals surface area contributed by atoms with Crippen molar-refractivity contribution in [1.29, 1.82) is 5.26 Å². The SMILES string of the molecule is CCc1nc(CCOc2ccc(C)cc2)sc1CC#N. The van der Waals surface area contributed by atoms with Crippen LogP contribution in [-0.4, -0.2) is 11.6 Å². The van der Waals surface area contributed by atoms with Gasteiger partial charge in [0.05, 0.1) is 29.8 Å². The molecule has 0 fully saturated rings. The highest BCUT2D eigenvalue weighted by atomic mass is 32.1. The zero-order chi connectivity index (χ0) is 14.4.